The first-order valence-corrected chi connectivity index (χ1v) is 6.98. The fourth-order valence-corrected chi connectivity index (χ4v) is 2.41. The molecule has 1 aliphatic rings. The van der Waals surface area contributed by atoms with Gasteiger partial charge in [0.05, 0.1) is 6.61 Å². The number of carboxylic acids is 1. The van der Waals surface area contributed by atoms with Gasteiger partial charge in [-0.15, -0.1) is 0 Å². The highest BCUT2D eigenvalue weighted by molar-refractivity contribution is 5.84. The standard InChI is InChI=1S/C15H18FNO4/c16-11-5-7-12(8-6-11)21-10-2-4-14(18)17-9-1-3-13(17)15(19)20/h5-8,13H,1-4,9-10H2,(H,19,20). The van der Waals surface area contributed by atoms with Crippen LogP contribution in [0.3, 0.4) is 0 Å². The smallest absolute Gasteiger partial charge is 0.326 e. The molecule has 0 radical (unpaired) electrons. The van der Waals surface area contributed by atoms with Gasteiger partial charge in [-0.1, -0.05) is 0 Å². The summed E-state index contributed by atoms with van der Waals surface area (Å²) in [6.07, 6.45) is 2.01. The van der Waals surface area contributed by atoms with Crippen molar-refractivity contribution in [2.45, 2.75) is 31.7 Å². The summed E-state index contributed by atoms with van der Waals surface area (Å²) in [6.45, 7) is 0.845. The number of hydrogen-bond donors (Lipinski definition) is 1. The van der Waals surface area contributed by atoms with Crippen molar-refractivity contribution in [3.05, 3.63) is 30.1 Å². The van der Waals surface area contributed by atoms with Crippen molar-refractivity contribution < 1.29 is 23.8 Å². The van der Waals surface area contributed by atoms with Crippen molar-refractivity contribution in [1.29, 1.82) is 0 Å². The lowest BCUT2D eigenvalue weighted by Crippen LogP contribution is -2.40. The number of halogens is 1. The average Bonchev–Trinajstić information content (AvgIpc) is 2.95. The normalized spacial score (nSPS) is 17.8. The molecule has 1 N–H and O–H groups in total. The third-order valence-corrected chi connectivity index (χ3v) is 3.48. The molecule has 6 heteroatoms. The molecular weight excluding hydrogens is 277 g/mol. The molecule has 1 aromatic rings. The lowest BCUT2D eigenvalue weighted by atomic mass is 10.2. The number of carbonyl (C=O) groups excluding carboxylic acids is 1. The number of carboxylic acid groups (broad SMARTS) is 1. The summed E-state index contributed by atoms with van der Waals surface area (Å²) in [7, 11) is 0. The van der Waals surface area contributed by atoms with E-state index in [-0.39, 0.29) is 18.1 Å². The molecule has 1 heterocycles. The van der Waals surface area contributed by atoms with E-state index in [1.807, 2.05) is 0 Å². The Morgan fingerprint density at radius 2 is 2.05 bits per heavy atom. The van der Waals surface area contributed by atoms with Gasteiger partial charge in [0, 0.05) is 13.0 Å². The zero-order chi connectivity index (χ0) is 15.2. The van der Waals surface area contributed by atoms with Crippen LogP contribution < -0.4 is 4.74 Å². The quantitative estimate of drug-likeness (QED) is 0.816. The molecule has 0 spiro atoms. The molecule has 114 valence electrons. The average molecular weight is 295 g/mol. The van der Waals surface area contributed by atoms with Gasteiger partial charge < -0.3 is 14.7 Å². The first kappa shape index (κ1) is 15.3. The van der Waals surface area contributed by atoms with Crippen LogP contribution in [-0.2, 0) is 9.59 Å². The number of aliphatic carboxylic acids is 1. The minimum absolute atomic E-state index is 0.150. The minimum atomic E-state index is -0.941. The Hall–Kier alpha value is -2.11. The van der Waals surface area contributed by atoms with Gasteiger partial charge in [0.2, 0.25) is 5.91 Å². The van der Waals surface area contributed by atoms with Crippen LogP contribution in [0.1, 0.15) is 25.7 Å². The van der Waals surface area contributed by atoms with Gasteiger partial charge in [0.1, 0.15) is 17.6 Å². The highest BCUT2D eigenvalue weighted by atomic mass is 19.1. The molecule has 1 amide bonds. The van der Waals surface area contributed by atoms with Gasteiger partial charge in [-0.2, -0.15) is 0 Å². The summed E-state index contributed by atoms with van der Waals surface area (Å²) in [5.41, 5.74) is 0. The van der Waals surface area contributed by atoms with E-state index in [1.54, 1.807) is 0 Å². The summed E-state index contributed by atoms with van der Waals surface area (Å²) in [4.78, 5) is 24.4. The fraction of sp³-hybridized carbons (Fsp3) is 0.467. The molecule has 2 rings (SSSR count). The molecule has 5 nitrogen and oxygen atoms in total. The molecule has 0 bridgehead atoms. The largest absolute Gasteiger partial charge is 0.494 e. The first-order valence-electron chi connectivity index (χ1n) is 6.98. The summed E-state index contributed by atoms with van der Waals surface area (Å²) in [5.74, 6) is -0.870. The predicted octanol–water partition coefficient (Wildman–Crippen LogP) is 2.06. The van der Waals surface area contributed by atoms with Gasteiger partial charge >= 0.3 is 5.97 Å². The Morgan fingerprint density at radius 3 is 2.71 bits per heavy atom. The number of amides is 1. The number of likely N-dealkylation sites (tertiary alicyclic amines) is 1. The molecule has 1 saturated heterocycles. The molecule has 0 aromatic heterocycles. The van der Waals surface area contributed by atoms with Crippen molar-refractivity contribution in [1.82, 2.24) is 4.90 Å². The van der Waals surface area contributed by atoms with E-state index in [2.05, 4.69) is 0 Å². The van der Waals surface area contributed by atoms with Crippen LogP contribution in [0.2, 0.25) is 0 Å². The topological polar surface area (TPSA) is 66.8 Å². The molecule has 1 atom stereocenters. The Bertz CT molecular complexity index is 503. The van der Waals surface area contributed by atoms with E-state index >= 15 is 0 Å². The fourth-order valence-electron chi connectivity index (χ4n) is 2.41. The molecule has 0 aliphatic carbocycles. The van der Waals surface area contributed by atoms with E-state index in [9.17, 15) is 14.0 Å². The summed E-state index contributed by atoms with van der Waals surface area (Å²) in [6, 6.07) is 4.98. The Kier molecular flexibility index (Phi) is 5.14. The lowest BCUT2D eigenvalue weighted by Gasteiger charge is -2.21. The minimum Gasteiger partial charge on any atom is -0.494 e. The van der Waals surface area contributed by atoms with Crippen molar-refractivity contribution >= 4 is 11.9 Å². The van der Waals surface area contributed by atoms with E-state index in [4.69, 9.17) is 9.84 Å². The second-order valence-corrected chi connectivity index (χ2v) is 4.99. The van der Waals surface area contributed by atoms with Crippen LogP contribution in [0.15, 0.2) is 24.3 Å². The van der Waals surface area contributed by atoms with E-state index < -0.39 is 12.0 Å². The second kappa shape index (κ2) is 7.06. The third kappa shape index (κ3) is 4.18. The maximum Gasteiger partial charge on any atom is 0.326 e. The van der Waals surface area contributed by atoms with E-state index in [1.165, 1.54) is 29.2 Å². The number of nitrogens with zero attached hydrogens (tertiary/aromatic N) is 1. The molecule has 0 saturated carbocycles. The zero-order valence-corrected chi connectivity index (χ0v) is 11.6. The summed E-state index contributed by atoms with van der Waals surface area (Å²) >= 11 is 0. The molecule has 1 unspecified atom stereocenters. The van der Waals surface area contributed by atoms with Crippen LogP contribution in [-0.4, -0.2) is 41.1 Å². The van der Waals surface area contributed by atoms with Gasteiger partial charge in [-0.3, -0.25) is 4.79 Å². The van der Waals surface area contributed by atoms with Crippen LogP contribution in [0.25, 0.3) is 0 Å². The number of hydrogen-bond acceptors (Lipinski definition) is 3. The highest BCUT2D eigenvalue weighted by Gasteiger charge is 2.33. The van der Waals surface area contributed by atoms with Crippen LogP contribution in [0, 0.1) is 5.82 Å². The Balaban J connectivity index is 1.72. The van der Waals surface area contributed by atoms with Crippen LogP contribution in [0.5, 0.6) is 5.75 Å². The van der Waals surface area contributed by atoms with Crippen molar-refractivity contribution in [3.8, 4) is 5.75 Å². The van der Waals surface area contributed by atoms with Crippen LogP contribution >= 0.6 is 0 Å². The molecule has 21 heavy (non-hydrogen) atoms. The lowest BCUT2D eigenvalue weighted by molar-refractivity contribution is -0.148. The molecule has 1 aromatic carbocycles. The third-order valence-electron chi connectivity index (χ3n) is 3.48. The first-order chi connectivity index (χ1) is 10.1. The van der Waals surface area contributed by atoms with Crippen molar-refractivity contribution in [2.75, 3.05) is 13.2 Å². The molecular formula is C15H18FNO4. The molecule has 1 fully saturated rings. The number of benzene rings is 1. The van der Waals surface area contributed by atoms with Gasteiger partial charge in [-0.05, 0) is 43.5 Å². The Labute approximate surface area is 122 Å². The second-order valence-electron chi connectivity index (χ2n) is 4.99. The number of rotatable bonds is 6. The summed E-state index contributed by atoms with van der Waals surface area (Å²) < 4.78 is 18.1. The zero-order valence-electron chi connectivity index (χ0n) is 11.6. The van der Waals surface area contributed by atoms with Crippen LogP contribution in [0.4, 0.5) is 4.39 Å². The van der Waals surface area contributed by atoms with Crippen molar-refractivity contribution in [2.24, 2.45) is 0 Å². The van der Waals surface area contributed by atoms with Gasteiger partial charge in [0.25, 0.3) is 0 Å². The number of carbonyl (C=O) groups is 2. The predicted molar refractivity (Wildman–Crippen MR) is 73.5 cm³/mol. The summed E-state index contributed by atoms with van der Waals surface area (Å²) in [5, 5.41) is 9.03. The number of ether oxygens (including phenoxy) is 1. The maximum absolute atomic E-state index is 12.7. The monoisotopic (exact) mass is 295 g/mol. The maximum atomic E-state index is 12.7. The van der Waals surface area contributed by atoms with Crippen molar-refractivity contribution in [3.63, 3.8) is 0 Å². The van der Waals surface area contributed by atoms with E-state index in [0.29, 0.717) is 31.7 Å². The highest BCUT2D eigenvalue weighted by Crippen LogP contribution is 2.19. The van der Waals surface area contributed by atoms with Gasteiger partial charge in [0.15, 0.2) is 0 Å². The molecule has 1 aliphatic heterocycles. The van der Waals surface area contributed by atoms with Gasteiger partial charge in [-0.25, -0.2) is 9.18 Å². The Morgan fingerprint density at radius 1 is 1.33 bits per heavy atom. The van der Waals surface area contributed by atoms with E-state index in [0.717, 1.165) is 6.42 Å². The SMILES string of the molecule is O=C(O)C1CCCN1C(=O)CCCOc1ccc(F)cc1.